The van der Waals surface area contributed by atoms with Crippen LogP contribution in [-0.2, 0) is 20.1 Å². The molecule has 1 aliphatic heterocycles. The van der Waals surface area contributed by atoms with E-state index in [9.17, 15) is 0 Å². The van der Waals surface area contributed by atoms with Crippen LogP contribution in [-0.4, -0.2) is 47.6 Å². The van der Waals surface area contributed by atoms with Gasteiger partial charge < -0.3 is 19.7 Å². The molecule has 1 fully saturated rings. The van der Waals surface area contributed by atoms with Crippen LogP contribution in [0.2, 0.25) is 5.02 Å². The smallest absolute Gasteiger partial charge is 0.194 e. The van der Waals surface area contributed by atoms with Crippen LogP contribution >= 0.6 is 35.6 Å². The van der Waals surface area contributed by atoms with Crippen molar-refractivity contribution in [3.8, 4) is 0 Å². The molecule has 0 aromatic carbocycles. The van der Waals surface area contributed by atoms with Crippen molar-refractivity contribution in [3.05, 3.63) is 46.9 Å². The molecule has 1 aliphatic rings. The molecule has 0 unspecified atom stereocenters. The first-order valence-corrected chi connectivity index (χ1v) is 9.37. The molecule has 0 bridgehead atoms. The molecule has 0 atom stereocenters. The van der Waals surface area contributed by atoms with Gasteiger partial charge in [0.25, 0.3) is 0 Å². The van der Waals surface area contributed by atoms with Gasteiger partial charge in [0, 0.05) is 58.9 Å². The molecule has 8 heteroatoms. The van der Waals surface area contributed by atoms with E-state index in [1.165, 1.54) is 18.4 Å². The molecule has 0 aliphatic carbocycles. The van der Waals surface area contributed by atoms with Gasteiger partial charge in [0.2, 0.25) is 0 Å². The highest BCUT2D eigenvalue weighted by Gasteiger charge is 2.14. The summed E-state index contributed by atoms with van der Waals surface area (Å²) < 4.78 is 2.04. The van der Waals surface area contributed by atoms with Crippen LogP contribution in [0.25, 0.3) is 0 Å². The number of halogens is 2. The molecule has 0 spiro atoms. The number of nitrogens with one attached hydrogen (secondary N) is 1. The number of hydrogen-bond acceptors (Lipinski definition) is 3. The number of nitrogens with zero attached hydrogens (tertiary/aromatic N) is 5. The highest BCUT2D eigenvalue weighted by atomic mass is 127. The number of guanidine groups is 1. The second kappa shape index (κ2) is 10.2. The van der Waals surface area contributed by atoms with E-state index in [2.05, 4.69) is 37.2 Å². The molecule has 6 nitrogen and oxygen atoms in total. The molecule has 3 heterocycles. The Hall–Kier alpha value is -1.48. The topological polar surface area (TPSA) is 48.7 Å². The van der Waals surface area contributed by atoms with E-state index >= 15 is 0 Å². The van der Waals surface area contributed by atoms with E-state index in [4.69, 9.17) is 11.6 Å². The lowest BCUT2D eigenvalue weighted by Gasteiger charge is -2.23. The van der Waals surface area contributed by atoms with Gasteiger partial charge in [-0.05, 0) is 36.6 Å². The van der Waals surface area contributed by atoms with Crippen LogP contribution in [0, 0.1) is 0 Å². The minimum absolute atomic E-state index is 0. The second-order valence-electron chi connectivity index (χ2n) is 6.73. The van der Waals surface area contributed by atoms with E-state index in [0.717, 1.165) is 42.1 Å². The Bertz CT molecular complexity index is 769. The van der Waals surface area contributed by atoms with Crippen LogP contribution in [0.3, 0.4) is 0 Å². The van der Waals surface area contributed by atoms with Crippen LogP contribution in [0.5, 0.6) is 0 Å². The summed E-state index contributed by atoms with van der Waals surface area (Å²) >= 11 is 6.08. The van der Waals surface area contributed by atoms with E-state index in [0.29, 0.717) is 6.54 Å². The van der Waals surface area contributed by atoms with Gasteiger partial charge in [0.15, 0.2) is 5.96 Å². The van der Waals surface area contributed by atoms with Gasteiger partial charge in [-0.1, -0.05) is 11.6 Å². The van der Waals surface area contributed by atoms with Crippen LogP contribution in [0.1, 0.15) is 24.1 Å². The van der Waals surface area contributed by atoms with Gasteiger partial charge in [0.05, 0.1) is 11.6 Å². The second-order valence-corrected chi connectivity index (χ2v) is 7.17. The normalized spacial score (nSPS) is 14.2. The van der Waals surface area contributed by atoms with Crippen molar-refractivity contribution >= 4 is 47.4 Å². The molecule has 2 aromatic rings. The van der Waals surface area contributed by atoms with Crippen LogP contribution in [0.15, 0.2) is 35.6 Å². The number of pyridine rings is 1. The lowest BCUT2D eigenvalue weighted by molar-refractivity contribution is 0.461. The van der Waals surface area contributed by atoms with Crippen molar-refractivity contribution in [1.29, 1.82) is 0 Å². The molecule has 0 saturated carbocycles. The third-order valence-corrected chi connectivity index (χ3v) is 4.94. The predicted octanol–water partition coefficient (Wildman–Crippen LogP) is 3.50. The molecule has 148 valence electrons. The van der Waals surface area contributed by atoms with Gasteiger partial charge in [-0.15, -0.1) is 24.0 Å². The minimum Gasteiger partial charge on any atom is -0.357 e. The Morgan fingerprint density at radius 2 is 2.07 bits per heavy atom. The largest absolute Gasteiger partial charge is 0.357 e. The highest BCUT2D eigenvalue weighted by molar-refractivity contribution is 14.0. The first kappa shape index (κ1) is 21.8. The number of aliphatic imine (C=N–C) groups is 1. The van der Waals surface area contributed by atoms with Crippen LogP contribution in [0.4, 0.5) is 5.82 Å². The fourth-order valence-corrected chi connectivity index (χ4v) is 3.57. The summed E-state index contributed by atoms with van der Waals surface area (Å²) in [5, 5.41) is 4.19. The number of aromatic nitrogens is 2. The third-order valence-electron chi connectivity index (χ3n) is 4.74. The monoisotopic (exact) mass is 502 g/mol. The fourth-order valence-electron chi connectivity index (χ4n) is 3.30. The fraction of sp³-hybridized carbons (Fsp3) is 0.474. The highest BCUT2D eigenvalue weighted by Crippen LogP contribution is 2.18. The summed E-state index contributed by atoms with van der Waals surface area (Å²) in [4.78, 5) is 13.4. The van der Waals surface area contributed by atoms with Gasteiger partial charge in [-0.25, -0.2) is 4.98 Å². The summed E-state index contributed by atoms with van der Waals surface area (Å²) in [5.74, 6) is 1.92. The van der Waals surface area contributed by atoms with E-state index in [-0.39, 0.29) is 24.0 Å². The van der Waals surface area contributed by atoms with Crippen molar-refractivity contribution in [1.82, 2.24) is 19.8 Å². The molecule has 2 aromatic heterocycles. The maximum Gasteiger partial charge on any atom is 0.194 e. The van der Waals surface area contributed by atoms with E-state index in [1.807, 2.05) is 37.1 Å². The quantitative estimate of drug-likeness (QED) is 0.386. The first-order valence-electron chi connectivity index (χ1n) is 8.99. The zero-order chi connectivity index (χ0) is 18.5. The maximum absolute atomic E-state index is 6.08. The first-order chi connectivity index (χ1) is 12.6. The van der Waals surface area contributed by atoms with Crippen molar-refractivity contribution in [2.24, 2.45) is 12.0 Å². The molecule has 1 N–H and O–H groups in total. The van der Waals surface area contributed by atoms with E-state index < -0.39 is 0 Å². The summed E-state index contributed by atoms with van der Waals surface area (Å²) in [6.45, 7) is 3.66. The minimum atomic E-state index is 0. The van der Waals surface area contributed by atoms with Crippen molar-refractivity contribution in [2.75, 3.05) is 32.1 Å². The third kappa shape index (κ3) is 5.75. The summed E-state index contributed by atoms with van der Waals surface area (Å²) in [6, 6.07) is 6.20. The Balaban J connectivity index is 0.00000261. The zero-order valence-electron chi connectivity index (χ0n) is 16.2. The Morgan fingerprint density at radius 3 is 2.70 bits per heavy atom. The number of rotatable bonds is 5. The summed E-state index contributed by atoms with van der Waals surface area (Å²) in [6.07, 6.45) is 6.32. The number of anilines is 1. The zero-order valence-corrected chi connectivity index (χ0v) is 19.2. The Kier molecular flexibility index (Phi) is 8.22. The Labute approximate surface area is 183 Å². The molecule has 0 radical (unpaired) electrons. The molecule has 1 saturated heterocycles. The lowest BCUT2D eigenvalue weighted by atomic mass is 10.2. The molecule has 0 amide bonds. The standard InChI is InChI=1S/C19H27ClN6.HI/c1-21-19(25(3)14-17-11-16(20)13-24(17)2)23-12-15-6-7-22-18(10-15)26-8-4-5-9-26;/h6-7,10-11,13H,4-5,8-9,12,14H2,1-3H3,(H,21,23);1H. The lowest BCUT2D eigenvalue weighted by Crippen LogP contribution is -2.38. The number of aryl methyl sites for hydroxylation is 1. The molecular formula is C19H28ClIN6. The Morgan fingerprint density at radius 1 is 1.33 bits per heavy atom. The van der Waals surface area contributed by atoms with Gasteiger partial charge >= 0.3 is 0 Å². The van der Waals surface area contributed by atoms with Crippen LogP contribution < -0.4 is 10.2 Å². The van der Waals surface area contributed by atoms with Crippen molar-refractivity contribution in [2.45, 2.75) is 25.9 Å². The average Bonchev–Trinajstić information content (AvgIpc) is 3.26. The molecule has 3 rings (SSSR count). The number of hydrogen-bond donors (Lipinski definition) is 1. The predicted molar refractivity (Wildman–Crippen MR) is 123 cm³/mol. The maximum atomic E-state index is 6.08. The van der Waals surface area contributed by atoms with E-state index in [1.54, 1.807) is 7.05 Å². The van der Waals surface area contributed by atoms with Crippen molar-refractivity contribution < 1.29 is 0 Å². The van der Waals surface area contributed by atoms with Gasteiger partial charge in [0.1, 0.15) is 5.82 Å². The summed E-state index contributed by atoms with van der Waals surface area (Å²) in [7, 11) is 5.83. The van der Waals surface area contributed by atoms with Gasteiger partial charge in [-0.2, -0.15) is 0 Å². The molecular weight excluding hydrogens is 475 g/mol. The van der Waals surface area contributed by atoms with Gasteiger partial charge in [-0.3, -0.25) is 4.99 Å². The summed E-state index contributed by atoms with van der Waals surface area (Å²) in [5.41, 5.74) is 2.35. The molecule has 27 heavy (non-hydrogen) atoms. The average molecular weight is 503 g/mol. The van der Waals surface area contributed by atoms with Crippen molar-refractivity contribution in [3.63, 3.8) is 0 Å². The SMILES string of the molecule is CN=C(NCc1ccnc(N2CCCC2)c1)N(C)Cc1cc(Cl)cn1C.I.